The molecule has 1 amide bonds. The fourth-order valence-corrected chi connectivity index (χ4v) is 3.95. The number of hydrogen-bond acceptors (Lipinski definition) is 2. The molecule has 3 atom stereocenters. The van der Waals surface area contributed by atoms with Crippen LogP contribution in [0.1, 0.15) is 31.5 Å². The van der Waals surface area contributed by atoms with Crippen LogP contribution in [0, 0.1) is 17.8 Å². The van der Waals surface area contributed by atoms with E-state index in [9.17, 15) is 18.0 Å². The molecule has 4 nitrogen and oxygen atoms in total. The van der Waals surface area contributed by atoms with Crippen LogP contribution in [0.25, 0.3) is 0 Å². The highest BCUT2D eigenvalue weighted by atomic mass is 19.4. The number of halogens is 3. The third-order valence-electron chi connectivity index (χ3n) is 4.96. The van der Waals surface area contributed by atoms with Crippen LogP contribution in [0.5, 0.6) is 0 Å². The van der Waals surface area contributed by atoms with Crippen molar-refractivity contribution in [3.8, 4) is 0 Å². The SMILES string of the molecule is CN(Cc1nccn1CC(F)(F)F)C(=O)C1CC2CCC1C2. The van der Waals surface area contributed by atoms with Crippen molar-refractivity contribution in [2.45, 2.75) is 44.9 Å². The normalized spacial score (nSPS) is 27.4. The van der Waals surface area contributed by atoms with Gasteiger partial charge in [0.1, 0.15) is 12.4 Å². The van der Waals surface area contributed by atoms with Crippen molar-refractivity contribution in [1.82, 2.24) is 14.5 Å². The predicted molar refractivity (Wildman–Crippen MR) is 73.7 cm³/mol. The highest BCUT2D eigenvalue weighted by Crippen LogP contribution is 2.48. The summed E-state index contributed by atoms with van der Waals surface area (Å²) >= 11 is 0. The Morgan fingerprint density at radius 2 is 2.18 bits per heavy atom. The third kappa shape index (κ3) is 3.13. The maximum atomic E-state index is 12.5. The Balaban J connectivity index is 1.63. The summed E-state index contributed by atoms with van der Waals surface area (Å²) < 4.78 is 38.6. The Morgan fingerprint density at radius 3 is 2.77 bits per heavy atom. The van der Waals surface area contributed by atoms with Gasteiger partial charge < -0.3 is 9.47 Å². The molecular formula is C15H20F3N3O. The molecule has 22 heavy (non-hydrogen) atoms. The van der Waals surface area contributed by atoms with Crippen molar-refractivity contribution in [3.05, 3.63) is 18.2 Å². The highest BCUT2D eigenvalue weighted by molar-refractivity contribution is 5.79. The number of aromatic nitrogens is 2. The average Bonchev–Trinajstić information content (AvgIpc) is 3.13. The van der Waals surface area contributed by atoms with Crippen molar-refractivity contribution in [3.63, 3.8) is 0 Å². The number of carbonyl (C=O) groups is 1. The molecule has 0 spiro atoms. The number of hydrogen-bond donors (Lipinski definition) is 0. The summed E-state index contributed by atoms with van der Waals surface area (Å²) in [5, 5.41) is 0. The lowest BCUT2D eigenvalue weighted by atomic mass is 9.88. The van der Waals surface area contributed by atoms with Crippen molar-refractivity contribution >= 4 is 5.91 Å². The number of amides is 1. The molecule has 2 fully saturated rings. The molecule has 3 rings (SSSR count). The lowest BCUT2D eigenvalue weighted by molar-refractivity contribution is -0.141. The van der Waals surface area contributed by atoms with Gasteiger partial charge in [0, 0.05) is 25.4 Å². The van der Waals surface area contributed by atoms with Gasteiger partial charge in [-0.15, -0.1) is 0 Å². The minimum absolute atomic E-state index is 0.0498. The zero-order valence-electron chi connectivity index (χ0n) is 12.5. The van der Waals surface area contributed by atoms with E-state index in [-0.39, 0.29) is 24.2 Å². The standard InChI is InChI=1S/C15H20F3N3O/c1-20(14(22)12-7-10-2-3-11(12)6-10)8-13-19-4-5-21(13)9-15(16,17)18/h4-5,10-12H,2-3,6-9H2,1H3. The molecule has 2 bridgehead atoms. The molecule has 0 aliphatic heterocycles. The van der Waals surface area contributed by atoms with Gasteiger partial charge in [-0.2, -0.15) is 13.2 Å². The fourth-order valence-electron chi connectivity index (χ4n) is 3.95. The molecule has 0 aromatic carbocycles. The van der Waals surface area contributed by atoms with Crippen LogP contribution in [-0.4, -0.2) is 33.6 Å². The minimum Gasteiger partial charge on any atom is -0.338 e. The van der Waals surface area contributed by atoms with E-state index < -0.39 is 12.7 Å². The van der Waals surface area contributed by atoms with Crippen molar-refractivity contribution in [2.75, 3.05) is 7.05 Å². The molecule has 0 radical (unpaired) electrons. The lowest BCUT2D eigenvalue weighted by Gasteiger charge is -2.26. The zero-order valence-corrected chi connectivity index (χ0v) is 12.5. The van der Waals surface area contributed by atoms with Crippen LogP contribution < -0.4 is 0 Å². The summed E-state index contributed by atoms with van der Waals surface area (Å²) in [4.78, 5) is 18.0. The first kappa shape index (κ1) is 15.4. The summed E-state index contributed by atoms with van der Waals surface area (Å²) in [6.07, 6.45) is 2.75. The van der Waals surface area contributed by atoms with E-state index in [2.05, 4.69) is 4.98 Å². The maximum Gasteiger partial charge on any atom is 0.406 e. The summed E-state index contributed by atoms with van der Waals surface area (Å²) in [5.74, 6) is 1.51. The summed E-state index contributed by atoms with van der Waals surface area (Å²) in [6.45, 7) is -0.950. The van der Waals surface area contributed by atoms with Crippen LogP contribution in [0.4, 0.5) is 13.2 Å². The molecule has 1 heterocycles. The Bertz CT molecular complexity index is 554. The van der Waals surface area contributed by atoms with E-state index in [1.54, 1.807) is 7.05 Å². The lowest BCUT2D eigenvalue weighted by Crippen LogP contribution is -2.36. The first-order valence-corrected chi connectivity index (χ1v) is 7.65. The minimum atomic E-state index is -4.29. The number of carbonyl (C=O) groups excluding carboxylic acids is 1. The van der Waals surface area contributed by atoms with Gasteiger partial charge in [-0.05, 0) is 31.1 Å². The Morgan fingerprint density at radius 1 is 1.41 bits per heavy atom. The van der Waals surface area contributed by atoms with E-state index >= 15 is 0 Å². The maximum absolute atomic E-state index is 12.5. The summed E-state index contributed by atoms with van der Waals surface area (Å²) in [6, 6.07) is 0. The zero-order chi connectivity index (χ0) is 15.9. The van der Waals surface area contributed by atoms with E-state index in [0.29, 0.717) is 11.8 Å². The van der Waals surface area contributed by atoms with Gasteiger partial charge in [-0.3, -0.25) is 4.79 Å². The van der Waals surface area contributed by atoms with Gasteiger partial charge in [0.2, 0.25) is 5.91 Å². The van der Waals surface area contributed by atoms with Gasteiger partial charge in [0.25, 0.3) is 0 Å². The number of rotatable bonds is 4. The molecule has 0 saturated heterocycles. The van der Waals surface area contributed by atoms with Gasteiger partial charge in [-0.25, -0.2) is 4.98 Å². The van der Waals surface area contributed by atoms with Crippen LogP contribution in [-0.2, 0) is 17.9 Å². The molecule has 1 aromatic rings. The molecule has 1 aromatic heterocycles. The second-order valence-corrected chi connectivity index (χ2v) is 6.56. The number of imidazole rings is 1. The molecule has 2 aliphatic rings. The first-order valence-electron chi connectivity index (χ1n) is 7.65. The van der Waals surface area contributed by atoms with Gasteiger partial charge in [-0.1, -0.05) is 6.42 Å². The predicted octanol–water partition coefficient (Wildman–Crippen LogP) is 2.84. The van der Waals surface area contributed by atoms with Crippen LogP contribution in [0.2, 0.25) is 0 Å². The average molecular weight is 315 g/mol. The largest absolute Gasteiger partial charge is 0.406 e. The smallest absolute Gasteiger partial charge is 0.338 e. The summed E-state index contributed by atoms with van der Waals surface area (Å²) in [5.41, 5.74) is 0. The number of nitrogens with zero attached hydrogens (tertiary/aromatic N) is 3. The molecule has 7 heteroatoms. The first-order chi connectivity index (χ1) is 10.3. The fraction of sp³-hybridized carbons (Fsp3) is 0.733. The van der Waals surface area contributed by atoms with E-state index in [4.69, 9.17) is 0 Å². The van der Waals surface area contributed by atoms with Crippen molar-refractivity contribution in [1.29, 1.82) is 0 Å². The number of fused-ring (bicyclic) bond motifs is 2. The Labute approximate surface area is 127 Å². The Hall–Kier alpha value is -1.53. The van der Waals surface area contributed by atoms with Crippen molar-refractivity contribution in [2.24, 2.45) is 17.8 Å². The number of alkyl halides is 3. The van der Waals surface area contributed by atoms with Gasteiger partial charge in [0.15, 0.2) is 0 Å². The molecule has 122 valence electrons. The Kier molecular flexibility index (Phi) is 3.91. The monoisotopic (exact) mass is 315 g/mol. The molecule has 0 N–H and O–H groups in total. The summed E-state index contributed by atoms with van der Waals surface area (Å²) in [7, 11) is 1.65. The second kappa shape index (κ2) is 5.59. The van der Waals surface area contributed by atoms with Crippen LogP contribution in [0.15, 0.2) is 12.4 Å². The van der Waals surface area contributed by atoms with Crippen LogP contribution >= 0.6 is 0 Å². The van der Waals surface area contributed by atoms with Gasteiger partial charge >= 0.3 is 6.18 Å². The van der Waals surface area contributed by atoms with Crippen molar-refractivity contribution < 1.29 is 18.0 Å². The quantitative estimate of drug-likeness (QED) is 0.857. The van der Waals surface area contributed by atoms with Gasteiger partial charge in [0.05, 0.1) is 6.54 Å². The van der Waals surface area contributed by atoms with E-state index in [1.807, 2.05) is 0 Å². The van der Waals surface area contributed by atoms with E-state index in [1.165, 1.54) is 23.7 Å². The van der Waals surface area contributed by atoms with Crippen LogP contribution in [0.3, 0.4) is 0 Å². The topological polar surface area (TPSA) is 38.1 Å². The highest BCUT2D eigenvalue weighted by Gasteiger charge is 2.44. The molecular weight excluding hydrogens is 295 g/mol. The second-order valence-electron chi connectivity index (χ2n) is 6.56. The molecule has 2 aliphatic carbocycles. The third-order valence-corrected chi connectivity index (χ3v) is 4.96. The van der Waals surface area contributed by atoms with E-state index in [0.717, 1.165) is 23.8 Å². The molecule has 3 unspecified atom stereocenters. The molecule has 2 saturated carbocycles.